The van der Waals surface area contributed by atoms with Crippen LogP contribution in [0.1, 0.15) is 66.1 Å². The fourth-order valence-electron chi connectivity index (χ4n) is 3.24. The number of ketones is 1. The van der Waals surface area contributed by atoms with Gasteiger partial charge in [-0.2, -0.15) is 0 Å². The number of unbranched alkanes of at least 4 members (excludes halogenated alkanes) is 2. The first kappa shape index (κ1) is 20.3. The lowest BCUT2D eigenvalue weighted by Gasteiger charge is -2.20. The van der Waals surface area contributed by atoms with Gasteiger partial charge < -0.3 is 17.6 Å². The molecule has 0 atom stereocenters. The molecule has 2 aromatic carbocycles. The molecule has 0 bridgehead atoms. The van der Waals surface area contributed by atoms with E-state index in [2.05, 4.69) is 13.8 Å². The molecule has 0 fully saturated rings. The highest BCUT2D eigenvalue weighted by molar-refractivity contribution is 6.52. The van der Waals surface area contributed by atoms with E-state index in [1.54, 1.807) is 6.08 Å². The molecule has 0 unspecified atom stereocenters. The average Bonchev–Trinajstić information content (AvgIpc) is 2.70. The Labute approximate surface area is 166 Å². The lowest BCUT2D eigenvalue weighted by atomic mass is 10.00. The number of carbonyl (C=O) groups excluding carboxylic acids is 1. The van der Waals surface area contributed by atoms with Crippen LogP contribution in [0.2, 0.25) is 0 Å². The van der Waals surface area contributed by atoms with Gasteiger partial charge in [0.05, 0.1) is 17.4 Å². The second kappa shape index (κ2) is 9.18. The molecular formula is C23H27BF2O2. The van der Waals surface area contributed by atoms with Gasteiger partial charge >= 0.3 is 7.11 Å². The predicted octanol–water partition coefficient (Wildman–Crippen LogP) is 6.54. The van der Waals surface area contributed by atoms with Crippen LogP contribution in [0.15, 0.2) is 54.6 Å². The maximum absolute atomic E-state index is 14.1. The standard InChI is InChI=1S/C23H27BF2O2/c1-3-5-7-18-9-13-20(14-10-18)22-17-23(28-24(25,26)27-22)21-15-11-19(12-16-21)8-6-4-2/h9-17H,3-8H2,1-2H3. The second-order valence-electron chi connectivity index (χ2n) is 7.24. The number of rotatable bonds is 8. The van der Waals surface area contributed by atoms with E-state index in [0.29, 0.717) is 11.1 Å². The van der Waals surface area contributed by atoms with Crippen molar-refractivity contribution < 1.29 is 17.6 Å². The number of aryl methyl sites for hydroxylation is 2. The average molecular weight is 384 g/mol. The van der Waals surface area contributed by atoms with Crippen LogP contribution in [0, 0.1) is 0 Å². The molecule has 0 spiro atoms. The minimum atomic E-state index is -4.40. The highest BCUT2D eigenvalue weighted by atomic mass is 19.3. The van der Waals surface area contributed by atoms with Crippen molar-refractivity contribution in [2.45, 2.75) is 52.4 Å². The summed E-state index contributed by atoms with van der Waals surface area (Å²) in [6, 6.07) is 15.2. The van der Waals surface area contributed by atoms with Crippen molar-refractivity contribution in [2.24, 2.45) is 0 Å². The second-order valence-corrected chi connectivity index (χ2v) is 7.24. The van der Waals surface area contributed by atoms with E-state index in [0.717, 1.165) is 38.5 Å². The minimum Gasteiger partial charge on any atom is -0.569 e. The molecule has 1 aliphatic rings. The largest absolute Gasteiger partial charge is 0.995 e. The van der Waals surface area contributed by atoms with E-state index in [4.69, 9.17) is 9.00 Å². The zero-order chi connectivity index (χ0) is 20.0. The van der Waals surface area contributed by atoms with Gasteiger partial charge in [0, 0.05) is 5.56 Å². The van der Waals surface area contributed by atoms with Gasteiger partial charge in [-0.25, -0.2) is 0 Å². The van der Waals surface area contributed by atoms with Gasteiger partial charge in [0.15, 0.2) is 0 Å². The number of benzene rings is 2. The molecule has 2 aromatic rings. The van der Waals surface area contributed by atoms with E-state index in [1.165, 1.54) is 11.1 Å². The van der Waals surface area contributed by atoms with Crippen molar-refractivity contribution in [3.8, 4) is 0 Å². The smallest absolute Gasteiger partial charge is 0.569 e. The third-order valence-electron chi connectivity index (χ3n) is 4.91. The van der Waals surface area contributed by atoms with Crippen LogP contribution in [0.4, 0.5) is 8.63 Å². The normalized spacial score (nSPS) is 15.6. The van der Waals surface area contributed by atoms with Gasteiger partial charge in [-0.15, -0.1) is 0 Å². The lowest BCUT2D eigenvalue weighted by Crippen LogP contribution is -2.31. The quantitative estimate of drug-likeness (QED) is 0.374. The summed E-state index contributed by atoms with van der Waals surface area (Å²) in [5, 5.41) is 0. The molecule has 0 aliphatic carbocycles. The maximum atomic E-state index is 14.1. The molecular weight excluding hydrogens is 357 g/mol. The first-order chi connectivity index (χ1) is 13.5. The van der Waals surface area contributed by atoms with Gasteiger partial charge in [0.25, 0.3) is 5.78 Å². The fourth-order valence-corrected chi connectivity index (χ4v) is 3.24. The zero-order valence-electron chi connectivity index (χ0n) is 16.6. The zero-order valence-corrected chi connectivity index (χ0v) is 16.6. The third kappa shape index (κ3) is 5.31. The Hall–Kier alpha value is -2.43. The summed E-state index contributed by atoms with van der Waals surface area (Å²) in [4.78, 5) is 0. The molecule has 5 heteroatoms. The minimum absolute atomic E-state index is 0.142. The van der Waals surface area contributed by atoms with Crippen LogP contribution in [-0.4, -0.2) is 12.9 Å². The Balaban J connectivity index is 1.83. The van der Waals surface area contributed by atoms with E-state index in [9.17, 15) is 8.63 Å². The molecule has 0 saturated heterocycles. The summed E-state index contributed by atoms with van der Waals surface area (Å²) in [5.74, 6) is 0.284. The van der Waals surface area contributed by atoms with E-state index in [-0.39, 0.29) is 11.5 Å². The molecule has 2 nitrogen and oxygen atoms in total. The van der Waals surface area contributed by atoms with Gasteiger partial charge in [-0.05, 0) is 48.9 Å². The number of hydrogen-bond donors (Lipinski definition) is 0. The van der Waals surface area contributed by atoms with Crippen molar-refractivity contribution in [1.29, 1.82) is 0 Å². The van der Waals surface area contributed by atoms with Crippen molar-refractivity contribution >= 4 is 18.6 Å². The van der Waals surface area contributed by atoms with Gasteiger partial charge in [-0.3, -0.25) is 0 Å². The molecule has 0 amide bonds. The van der Waals surface area contributed by atoms with Crippen LogP contribution in [0.5, 0.6) is 0 Å². The molecule has 0 radical (unpaired) electrons. The number of allylic oxidation sites excluding steroid dienone is 1. The molecule has 0 saturated carbocycles. The SMILES string of the molecule is CCCCc1ccc(C2=CC(c3ccc(CCCC)cc3)=[O+][B-](F)(F)O2)cc1. The Morgan fingerprint density at radius 2 is 1.29 bits per heavy atom. The van der Waals surface area contributed by atoms with Crippen molar-refractivity contribution in [3.05, 3.63) is 76.9 Å². The summed E-state index contributed by atoms with van der Waals surface area (Å²) < 4.78 is 38.0. The summed E-state index contributed by atoms with van der Waals surface area (Å²) >= 11 is 0. The summed E-state index contributed by atoms with van der Waals surface area (Å²) in [5.41, 5.74) is 3.65. The molecule has 28 heavy (non-hydrogen) atoms. The molecule has 148 valence electrons. The topological polar surface area (TPSA) is 20.5 Å². The first-order valence-corrected chi connectivity index (χ1v) is 10.2. The van der Waals surface area contributed by atoms with Crippen LogP contribution >= 0.6 is 0 Å². The van der Waals surface area contributed by atoms with Crippen LogP contribution in [-0.2, 0) is 17.5 Å². The monoisotopic (exact) mass is 384 g/mol. The molecule has 3 rings (SSSR count). The summed E-state index contributed by atoms with van der Waals surface area (Å²) in [7, 11) is -4.40. The highest BCUT2D eigenvalue weighted by Gasteiger charge is 2.53. The highest BCUT2D eigenvalue weighted by Crippen LogP contribution is 2.29. The van der Waals surface area contributed by atoms with Gasteiger partial charge in [0.1, 0.15) is 0 Å². The van der Waals surface area contributed by atoms with Crippen LogP contribution in [0.25, 0.3) is 5.76 Å². The van der Waals surface area contributed by atoms with Crippen LogP contribution in [0.3, 0.4) is 0 Å². The van der Waals surface area contributed by atoms with E-state index < -0.39 is 7.11 Å². The Morgan fingerprint density at radius 3 is 1.79 bits per heavy atom. The van der Waals surface area contributed by atoms with Crippen molar-refractivity contribution in [1.82, 2.24) is 0 Å². The predicted molar refractivity (Wildman–Crippen MR) is 111 cm³/mol. The lowest BCUT2D eigenvalue weighted by molar-refractivity contribution is -0.183. The first-order valence-electron chi connectivity index (χ1n) is 10.2. The molecule has 1 aliphatic heterocycles. The van der Waals surface area contributed by atoms with Crippen molar-refractivity contribution in [3.63, 3.8) is 0 Å². The van der Waals surface area contributed by atoms with Gasteiger partial charge in [0.2, 0.25) is 0 Å². The van der Waals surface area contributed by atoms with E-state index in [1.807, 2.05) is 48.5 Å². The summed E-state index contributed by atoms with van der Waals surface area (Å²) in [6.45, 7) is 4.29. The Morgan fingerprint density at radius 1 is 0.786 bits per heavy atom. The number of halogens is 2. The molecule has 0 N–H and O–H groups in total. The Bertz CT molecular complexity index is 840. The molecule has 1 heterocycles. The fraction of sp³-hybridized carbons (Fsp3) is 0.348. The van der Waals surface area contributed by atoms with Crippen LogP contribution < -0.4 is 0 Å². The van der Waals surface area contributed by atoms with Crippen molar-refractivity contribution in [2.75, 3.05) is 0 Å². The Kier molecular flexibility index (Phi) is 6.66. The molecule has 0 aromatic heterocycles. The van der Waals surface area contributed by atoms with Gasteiger partial charge in [-0.1, -0.05) is 63.1 Å². The van der Waals surface area contributed by atoms with E-state index >= 15 is 0 Å². The third-order valence-corrected chi connectivity index (χ3v) is 4.91. The maximum Gasteiger partial charge on any atom is 0.995 e. The summed E-state index contributed by atoms with van der Waals surface area (Å²) in [6.07, 6.45) is 8.00. The number of hydrogen-bond acceptors (Lipinski definition) is 1.